The van der Waals surface area contributed by atoms with Gasteiger partial charge in [-0.05, 0) is 18.9 Å². The van der Waals surface area contributed by atoms with Gasteiger partial charge in [-0.15, -0.1) is 6.58 Å². The third-order valence-corrected chi connectivity index (χ3v) is 2.16. The summed E-state index contributed by atoms with van der Waals surface area (Å²) in [7, 11) is 0. The first kappa shape index (κ1) is 11.0. The Morgan fingerprint density at radius 2 is 2.43 bits per heavy atom. The molecule has 0 saturated heterocycles. The minimum Gasteiger partial charge on any atom is -0.458 e. The fourth-order valence-corrected chi connectivity index (χ4v) is 1.51. The van der Waals surface area contributed by atoms with Crippen LogP contribution in [0.15, 0.2) is 24.8 Å². The Morgan fingerprint density at radius 1 is 1.64 bits per heavy atom. The second-order valence-electron chi connectivity index (χ2n) is 3.41. The molecule has 14 heavy (non-hydrogen) atoms. The van der Waals surface area contributed by atoms with E-state index in [4.69, 9.17) is 4.74 Å². The highest BCUT2D eigenvalue weighted by atomic mass is 16.5. The molecule has 0 aromatic rings. The highest BCUT2D eigenvalue weighted by Crippen LogP contribution is 2.14. The van der Waals surface area contributed by atoms with Crippen LogP contribution < -0.4 is 5.32 Å². The van der Waals surface area contributed by atoms with Crippen molar-refractivity contribution in [3.8, 4) is 0 Å². The smallest absolute Gasteiger partial charge is 0.303 e. The Kier molecular flexibility index (Phi) is 4.40. The molecule has 0 radical (unpaired) electrons. The van der Waals surface area contributed by atoms with Crippen LogP contribution in [-0.4, -0.2) is 24.7 Å². The maximum atomic E-state index is 10.7. The second-order valence-corrected chi connectivity index (χ2v) is 3.41. The summed E-state index contributed by atoms with van der Waals surface area (Å²) in [5, 5.41) is 3.30. The highest BCUT2D eigenvalue weighted by Gasteiger charge is 2.16. The van der Waals surface area contributed by atoms with Gasteiger partial charge in [0.15, 0.2) is 0 Å². The van der Waals surface area contributed by atoms with Crippen molar-refractivity contribution in [2.45, 2.75) is 31.9 Å². The van der Waals surface area contributed by atoms with Gasteiger partial charge >= 0.3 is 5.97 Å². The molecule has 3 heteroatoms. The van der Waals surface area contributed by atoms with Crippen LogP contribution >= 0.6 is 0 Å². The third-order valence-electron chi connectivity index (χ3n) is 2.16. The van der Waals surface area contributed by atoms with E-state index in [0.717, 1.165) is 19.4 Å². The summed E-state index contributed by atoms with van der Waals surface area (Å²) in [5.74, 6) is -0.211. The Labute approximate surface area is 84.8 Å². The molecule has 2 atom stereocenters. The third kappa shape index (κ3) is 3.75. The normalized spacial score (nSPS) is 25.8. The molecule has 0 aromatic carbocycles. The van der Waals surface area contributed by atoms with Crippen LogP contribution in [0, 0.1) is 0 Å². The van der Waals surface area contributed by atoms with Crippen LogP contribution in [-0.2, 0) is 9.53 Å². The number of hydrogen-bond acceptors (Lipinski definition) is 3. The van der Waals surface area contributed by atoms with E-state index < -0.39 is 0 Å². The Bertz CT molecular complexity index is 235. The van der Waals surface area contributed by atoms with Gasteiger partial charge in [0.2, 0.25) is 0 Å². The number of rotatable bonds is 4. The van der Waals surface area contributed by atoms with Crippen molar-refractivity contribution < 1.29 is 9.53 Å². The molecular weight excluding hydrogens is 178 g/mol. The maximum absolute atomic E-state index is 10.7. The topological polar surface area (TPSA) is 38.3 Å². The Balaban J connectivity index is 2.31. The number of carbonyl (C=O) groups is 1. The molecule has 0 aliphatic heterocycles. The fraction of sp³-hybridized carbons (Fsp3) is 0.545. The summed E-state index contributed by atoms with van der Waals surface area (Å²) in [5.41, 5.74) is 0. The molecule has 0 fully saturated rings. The van der Waals surface area contributed by atoms with Gasteiger partial charge in [-0.25, -0.2) is 0 Å². The summed E-state index contributed by atoms with van der Waals surface area (Å²) in [6.45, 7) is 5.90. The molecule has 1 aliphatic carbocycles. The van der Waals surface area contributed by atoms with Gasteiger partial charge in [-0.2, -0.15) is 0 Å². The molecule has 3 nitrogen and oxygen atoms in total. The molecule has 0 bridgehead atoms. The number of hydrogen-bond donors (Lipinski definition) is 1. The zero-order valence-electron chi connectivity index (χ0n) is 8.53. The Hall–Kier alpha value is -1.09. The zero-order valence-corrected chi connectivity index (χ0v) is 8.53. The van der Waals surface area contributed by atoms with E-state index in [1.165, 1.54) is 6.92 Å². The maximum Gasteiger partial charge on any atom is 0.303 e. The highest BCUT2D eigenvalue weighted by molar-refractivity contribution is 5.66. The molecule has 1 aliphatic rings. The molecule has 78 valence electrons. The number of esters is 1. The van der Waals surface area contributed by atoms with E-state index in [-0.39, 0.29) is 12.1 Å². The largest absolute Gasteiger partial charge is 0.458 e. The van der Waals surface area contributed by atoms with Crippen molar-refractivity contribution in [3.05, 3.63) is 24.8 Å². The molecule has 0 heterocycles. The van der Waals surface area contributed by atoms with Crippen LogP contribution in [0.25, 0.3) is 0 Å². The van der Waals surface area contributed by atoms with Crippen molar-refractivity contribution in [1.82, 2.24) is 5.32 Å². The van der Waals surface area contributed by atoms with Gasteiger partial charge in [0.25, 0.3) is 0 Å². The summed E-state index contributed by atoms with van der Waals surface area (Å²) >= 11 is 0. The minimum absolute atomic E-state index is 0.0331. The molecule has 0 spiro atoms. The van der Waals surface area contributed by atoms with Crippen LogP contribution in [0.2, 0.25) is 0 Å². The summed E-state index contributed by atoms with van der Waals surface area (Å²) in [6.07, 6.45) is 7.71. The molecule has 0 unspecified atom stereocenters. The average Bonchev–Trinajstić information content (AvgIpc) is 2.16. The second kappa shape index (κ2) is 5.60. The SMILES string of the molecule is C=CCN[C@H]1C=C[C@@H](OC(C)=O)CC1. The van der Waals surface area contributed by atoms with Crippen LogP contribution in [0.4, 0.5) is 0 Å². The summed E-state index contributed by atoms with van der Waals surface area (Å²) < 4.78 is 5.07. The van der Waals surface area contributed by atoms with Crippen LogP contribution in [0.1, 0.15) is 19.8 Å². The van der Waals surface area contributed by atoms with E-state index in [1.807, 2.05) is 12.2 Å². The predicted octanol–water partition coefficient (Wildman–Crippen LogP) is 1.41. The van der Waals surface area contributed by atoms with E-state index in [9.17, 15) is 4.79 Å². The zero-order chi connectivity index (χ0) is 10.4. The van der Waals surface area contributed by atoms with Gasteiger partial charge in [-0.3, -0.25) is 4.79 Å². The van der Waals surface area contributed by atoms with E-state index >= 15 is 0 Å². The molecule has 0 saturated carbocycles. The lowest BCUT2D eigenvalue weighted by Crippen LogP contribution is -2.32. The van der Waals surface area contributed by atoms with Gasteiger partial charge in [0.05, 0.1) is 0 Å². The van der Waals surface area contributed by atoms with Crippen molar-refractivity contribution in [1.29, 1.82) is 0 Å². The standard InChI is InChI=1S/C11H17NO2/c1-3-8-12-10-4-6-11(7-5-10)14-9(2)13/h3-4,6,10-12H,1,5,7-8H2,2H3/t10-,11+/m0/s1. The van der Waals surface area contributed by atoms with Crippen LogP contribution in [0.5, 0.6) is 0 Å². The summed E-state index contributed by atoms with van der Waals surface area (Å²) in [6, 6.07) is 0.389. The first-order valence-electron chi connectivity index (χ1n) is 4.92. The fourth-order valence-electron chi connectivity index (χ4n) is 1.51. The number of nitrogens with one attached hydrogen (secondary N) is 1. The molecule has 0 amide bonds. The van der Waals surface area contributed by atoms with Crippen molar-refractivity contribution in [2.75, 3.05) is 6.54 Å². The van der Waals surface area contributed by atoms with Gasteiger partial charge < -0.3 is 10.1 Å². The van der Waals surface area contributed by atoms with Gasteiger partial charge in [-0.1, -0.05) is 12.2 Å². The van der Waals surface area contributed by atoms with Gasteiger partial charge in [0.1, 0.15) is 6.10 Å². The molecule has 1 rings (SSSR count). The monoisotopic (exact) mass is 195 g/mol. The first-order chi connectivity index (χ1) is 6.72. The molecule has 0 aromatic heterocycles. The Morgan fingerprint density at radius 3 is 2.93 bits per heavy atom. The molecular formula is C11H17NO2. The van der Waals surface area contributed by atoms with Crippen molar-refractivity contribution in [2.24, 2.45) is 0 Å². The molecule has 1 N–H and O–H groups in total. The average molecular weight is 195 g/mol. The van der Waals surface area contributed by atoms with E-state index in [0.29, 0.717) is 6.04 Å². The van der Waals surface area contributed by atoms with Crippen molar-refractivity contribution >= 4 is 5.97 Å². The van der Waals surface area contributed by atoms with Crippen LogP contribution in [0.3, 0.4) is 0 Å². The number of carbonyl (C=O) groups excluding carboxylic acids is 1. The minimum atomic E-state index is -0.211. The van der Waals surface area contributed by atoms with E-state index in [1.54, 1.807) is 0 Å². The predicted molar refractivity (Wildman–Crippen MR) is 55.9 cm³/mol. The first-order valence-corrected chi connectivity index (χ1v) is 4.92. The lowest BCUT2D eigenvalue weighted by Gasteiger charge is -2.22. The number of ether oxygens (including phenoxy) is 1. The lowest BCUT2D eigenvalue weighted by molar-refractivity contribution is -0.144. The summed E-state index contributed by atoms with van der Waals surface area (Å²) in [4.78, 5) is 10.7. The quantitative estimate of drug-likeness (QED) is 0.544. The lowest BCUT2D eigenvalue weighted by atomic mass is 10.0. The van der Waals surface area contributed by atoms with Gasteiger partial charge in [0, 0.05) is 19.5 Å². The van der Waals surface area contributed by atoms with Crippen molar-refractivity contribution in [3.63, 3.8) is 0 Å². The van der Waals surface area contributed by atoms with E-state index in [2.05, 4.69) is 18.0 Å².